The number of nitrogens with zero attached hydrogens (tertiary/aromatic N) is 2. The fourth-order valence-electron chi connectivity index (χ4n) is 7.35. The Morgan fingerprint density at radius 3 is 2.04 bits per heavy atom. The van der Waals surface area contributed by atoms with Gasteiger partial charge in [-0.1, -0.05) is 97.4 Å². The van der Waals surface area contributed by atoms with Gasteiger partial charge in [0.15, 0.2) is 0 Å². The molecule has 1 saturated heterocycles. The standard InChI is InChI=1S/C40H65N5O8/c1-13-26(7)35(44(10)39(49)34(24(4)5)43-38(48)33(41-9)23(2)3)31(52-11)21-32(46)45-22-25(6)19-30(45)36(53-12)27(8)37(47)42-29(40(50)51)20-28-17-15-14-16-18-28/h14-18,23-24,26-27,29-31,33-36,41H,6,13,19-22H2,1-5,7-12H3,(H,42,47)(H,43,48)(H,50,51)/t26-,27+,29-,30-,31?,33?,34-,35?,36?/m0/s1. The number of rotatable bonds is 21. The van der Waals surface area contributed by atoms with Gasteiger partial charge >= 0.3 is 5.97 Å². The van der Waals surface area contributed by atoms with Gasteiger partial charge in [0.2, 0.25) is 23.6 Å². The van der Waals surface area contributed by atoms with Gasteiger partial charge in [-0.2, -0.15) is 0 Å². The maximum absolute atomic E-state index is 14.2. The van der Waals surface area contributed by atoms with Crippen LogP contribution in [0.4, 0.5) is 0 Å². The molecule has 1 aliphatic rings. The number of amides is 4. The summed E-state index contributed by atoms with van der Waals surface area (Å²) >= 11 is 0. The number of carboxylic acid groups (broad SMARTS) is 1. The van der Waals surface area contributed by atoms with E-state index in [9.17, 15) is 29.1 Å². The number of likely N-dealkylation sites (tertiary alicyclic amines) is 1. The van der Waals surface area contributed by atoms with Crippen LogP contribution in [0.3, 0.4) is 0 Å². The maximum atomic E-state index is 14.2. The van der Waals surface area contributed by atoms with Gasteiger partial charge in [-0.05, 0) is 36.8 Å². The Labute approximate surface area is 316 Å². The number of ether oxygens (including phenoxy) is 2. The predicted molar refractivity (Wildman–Crippen MR) is 205 cm³/mol. The van der Waals surface area contributed by atoms with Gasteiger partial charge in [0.1, 0.15) is 12.1 Å². The summed E-state index contributed by atoms with van der Waals surface area (Å²) in [6.45, 7) is 17.7. The monoisotopic (exact) mass is 743 g/mol. The molecule has 0 aromatic heterocycles. The van der Waals surface area contributed by atoms with E-state index in [0.29, 0.717) is 12.8 Å². The van der Waals surface area contributed by atoms with Gasteiger partial charge < -0.3 is 40.3 Å². The first kappa shape index (κ1) is 45.3. The second-order valence-corrected chi connectivity index (χ2v) is 15.2. The van der Waals surface area contributed by atoms with Crippen LogP contribution in [-0.2, 0) is 39.9 Å². The molecule has 1 aromatic carbocycles. The molecule has 4 N–H and O–H groups in total. The molecule has 1 aromatic rings. The third-order valence-electron chi connectivity index (χ3n) is 10.6. The number of methoxy groups -OCH3 is 2. The Morgan fingerprint density at radius 2 is 1.55 bits per heavy atom. The third kappa shape index (κ3) is 12.1. The van der Waals surface area contributed by atoms with Gasteiger partial charge in [-0.25, -0.2) is 4.79 Å². The second-order valence-electron chi connectivity index (χ2n) is 15.2. The number of carbonyl (C=O) groups excluding carboxylic acids is 4. The molecule has 4 amide bonds. The van der Waals surface area contributed by atoms with Crippen molar-refractivity contribution in [3.8, 4) is 0 Å². The number of carbonyl (C=O) groups is 5. The van der Waals surface area contributed by atoms with Crippen molar-refractivity contribution in [2.24, 2.45) is 23.7 Å². The number of nitrogens with one attached hydrogen (secondary N) is 3. The Kier molecular flexibility index (Phi) is 18.1. The summed E-state index contributed by atoms with van der Waals surface area (Å²) in [7, 11) is 6.40. The van der Waals surface area contributed by atoms with Gasteiger partial charge in [0, 0.05) is 34.2 Å². The number of aliphatic carboxylic acids is 1. The third-order valence-corrected chi connectivity index (χ3v) is 10.6. The zero-order valence-electron chi connectivity index (χ0n) is 33.7. The van der Waals surface area contributed by atoms with E-state index in [1.165, 1.54) is 14.2 Å². The van der Waals surface area contributed by atoms with E-state index in [-0.39, 0.29) is 54.9 Å². The van der Waals surface area contributed by atoms with Gasteiger partial charge in [-0.3, -0.25) is 19.2 Å². The molecule has 0 radical (unpaired) electrons. The van der Waals surface area contributed by atoms with Crippen molar-refractivity contribution in [2.45, 2.75) is 117 Å². The molecule has 0 spiro atoms. The molecular formula is C40H65N5O8. The van der Waals surface area contributed by atoms with Gasteiger partial charge in [0.05, 0.1) is 42.7 Å². The number of hydrogen-bond acceptors (Lipinski definition) is 8. The maximum Gasteiger partial charge on any atom is 0.326 e. The summed E-state index contributed by atoms with van der Waals surface area (Å²) in [6, 6.07) is 5.60. The lowest BCUT2D eigenvalue weighted by atomic mass is 9.89. The van der Waals surface area contributed by atoms with Gasteiger partial charge in [0.25, 0.3) is 0 Å². The molecule has 13 nitrogen and oxygen atoms in total. The predicted octanol–water partition coefficient (Wildman–Crippen LogP) is 3.27. The molecule has 1 fully saturated rings. The first-order valence-corrected chi connectivity index (χ1v) is 18.8. The Bertz CT molecular complexity index is 1390. The molecule has 0 bridgehead atoms. The zero-order chi connectivity index (χ0) is 40.2. The van der Waals surface area contributed by atoms with E-state index >= 15 is 0 Å². The molecule has 298 valence electrons. The van der Waals surface area contributed by atoms with Crippen LogP contribution in [0.15, 0.2) is 42.5 Å². The summed E-state index contributed by atoms with van der Waals surface area (Å²) in [5.74, 6) is -3.50. The fraction of sp³-hybridized carbons (Fsp3) is 0.675. The molecule has 0 saturated carbocycles. The lowest BCUT2D eigenvalue weighted by Gasteiger charge is -2.41. The van der Waals surface area contributed by atoms with Crippen LogP contribution in [-0.4, -0.2) is 122 Å². The zero-order valence-corrected chi connectivity index (χ0v) is 33.7. The van der Waals surface area contributed by atoms with E-state index in [1.807, 2.05) is 59.7 Å². The average Bonchev–Trinajstić information content (AvgIpc) is 3.50. The van der Waals surface area contributed by atoms with E-state index in [4.69, 9.17) is 9.47 Å². The smallest absolute Gasteiger partial charge is 0.326 e. The molecule has 9 atom stereocenters. The SMILES string of the molecule is C=C1C[C@@H](C(OC)[C@@H](C)C(=O)N[C@@H](Cc2ccccc2)C(=O)O)N(C(=O)CC(OC)C([C@@H](C)CC)N(C)C(=O)[C@@H](NC(=O)C(NC)C(C)C)C(C)C)C1. The highest BCUT2D eigenvalue weighted by atomic mass is 16.5. The Morgan fingerprint density at radius 1 is 0.943 bits per heavy atom. The van der Waals surface area contributed by atoms with Crippen LogP contribution in [0.5, 0.6) is 0 Å². The van der Waals surface area contributed by atoms with Crippen molar-refractivity contribution in [2.75, 3.05) is 34.9 Å². The second kappa shape index (κ2) is 21.2. The van der Waals surface area contributed by atoms with Crippen LogP contribution < -0.4 is 16.0 Å². The molecule has 1 aliphatic heterocycles. The van der Waals surface area contributed by atoms with Crippen LogP contribution in [0.25, 0.3) is 0 Å². The highest BCUT2D eigenvalue weighted by Crippen LogP contribution is 2.31. The van der Waals surface area contributed by atoms with Crippen molar-refractivity contribution < 1.29 is 38.6 Å². The number of hydrogen-bond donors (Lipinski definition) is 4. The lowest BCUT2D eigenvalue weighted by Crippen LogP contribution is -2.59. The number of carboxylic acids is 1. The number of likely N-dealkylation sites (N-methyl/N-ethyl adjacent to an activating group) is 2. The Hall–Kier alpha value is -3.81. The molecular weight excluding hydrogens is 678 g/mol. The largest absolute Gasteiger partial charge is 0.480 e. The minimum Gasteiger partial charge on any atom is -0.480 e. The van der Waals surface area contributed by atoms with Crippen molar-refractivity contribution in [1.82, 2.24) is 25.8 Å². The fourth-order valence-corrected chi connectivity index (χ4v) is 7.35. The highest BCUT2D eigenvalue weighted by molar-refractivity contribution is 5.90. The van der Waals surface area contributed by atoms with Crippen LogP contribution in [0.1, 0.15) is 73.3 Å². The van der Waals surface area contributed by atoms with E-state index in [1.54, 1.807) is 43.0 Å². The summed E-state index contributed by atoms with van der Waals surface area (Å²) in [5, 5.41) is 18.6. The normalized spacial score (nSPS) is 19.2. The first-order chi connectivity index (χ1) is 24.9. The first-order valence-electron chi connectivity index (χ1n) is 18.8. The van der Waals surface area contributed by atoms with Crippen LogP contribution in [0.2, 0.25) is 0 Å². The van der Waals surface area contributed by atoms with E-state index in [2.05, 4.69) is 22.5 Å². The molecule has 0 aliphatic carbocycles. The van der Waals surface area contributed by atoms with Gasteiger partial charge in [-0.15, -0.1) is 0 Å². The highest BCUT2D eigenvalue weighted by Gasteiger charge is 2.44. The Balaban J connectivity index is 2.31. The van der Waals surface area contributed by atoms with Crippen molar-refractivity contribution in [3.63, 3.8) is 0 Å². The summed E-state index contributed by atoms with van der Waals surface area (Å²) < 4.78 is 11.8. The van der Waals surface area contributed by atoms with Crippen molar-refractivity contribution in [1.29, 1.82) is 0 Å². The topological polar surface area (TPSA) is 167 Å². The molecule has 1 heterocycles. The minimum absolute atomic E-state index is 0.0132. The molecule has 2 rings (SSSR count). The number of benzene rings is 1. The summed E-state index contributed by atoms with van der Waals surface area (Å²) in [6.07, 6.45) is -0.297. The van der Waals surface area contributed by atoms with E-state index < -0.39 is 60.2 Å². The lowest BCUT2D eigenvalue weighted by molar-refractivity contribution is -0.148. The molecule has 13 heteroatoms. The van der Waals surface area contributed by atoms with Crippen LogP contribution >= 0.6 is 0 Å². The quantitative estimate of drug-likeness (QED) is 0.138. The van der Waals surface area contributed by atoms with Crippen LogP contribution in [0, 0.1) is 23.7 Å². The summed E-state index contributed by atoms with van der Waals surface area (Å²) in [5.41, 5.74) is 1.57. The molecule has 4 unspecified atom stereocenters. The van der Waals surface area contributed by atoms with Crippen molar-refractivity contribution >= 4 is 29.6 Å². The molecule has 53 heavy (non-hydrogen) atoms. The summed E-state index contributed by atoms with van der Waals surface area (Å²) in [4.78, 5) is 70.4. The van der Waals surface area contributed by atoms with E-state index in [0.717, 1.165) is 11.1 Å². The average molecular weight is 744 g/mol. The minimum atomic E-state index is -1.15. The van der Waals surface area contributed by atoms with Crippen molar-refractivity contribution in [3.05, 3.63) is 48.0 Å².